The smallest absolute Gasteiger partial charge is 0.0881 e. The van der Waals surface area contributed by atoms with Crippen LogP contribution >= 0.6 is 24.8 Å². The van der Waals surface area contributed by atoms with Gasteiger partial charge >= 0.3 is 0 Å². The number of unbranched alkanes of at least 4 members (excludes halogenated alkanes) is 11. The minimum Gasteiger partial charge on any atom is -0.372 e. The van der Waals surface area contributed by atoms with Gasteiger partial charge < -0.3 is 16.2 Å². The SMILES string of the molecule is CCCCCCCCCCCCCCC(C)OC(C(C)C)C(N)N.Cl.Cl. The fraction of sp³-hybridized carbons (Fsp3) is 1.00. The maximum Gasteiger partial charge on any atom is 0.0881 e. The molecule has 0 saturated heterocycles. The Bertz CT molecular complexity index is 258. The second-order valence-electron chi connectivity index (χ2n) is 7.91. The first kappa shape index (κ1) is 31.2. The summed E-state index contributed by atoms with van der Waals surface area (Å²) in [7, 11) is 0. The van der Waals surface area contributed by atoms with E-state index in [1.807, 2.05) is 0 Å². The molecule has 0 fully saturated rings. The van der Waals surface area contributed by atoms with Crippen LogP contribution in [0.3, 0.4) is 0 Å². The lowest BCUT2D eigenvalue weighted by Gasteiger charge is -2.28. The van der Waals surface area contributed by atoms with Gasteiger partial charge in [-0.3, -0.25) is 0 Å². The van der Waals surface area contributed by atoms with Gasteiger partial charge in [-0.1, -0.05) is 97.8 Å². The molecule has 4 N–H and O–H groups in total. The van der Waals surface area contributed by atoms with Gasteiger partial charge in [0.25, 0.3) is 0 Å². The second-order valence-corrected chi connectivity index (χ2v) is 7.91. The van der Waals surface area contributed by atoms with Crippen LogP contribution in [0.4, 0.5) is 0 Å². The summed E-state index contributed by atoms with van der Waals surface area (Å²) in [5.74, 6) is 0.370. The Balaban J connectivity index is -0.00000264. The quantitative estimate of drug-likeness (QED) is 0.208. The van der Waals surface area contributed by atoms with E-state index in [4.69, 9.17) is 16.2 Å². The summed E-state index contributed by atoms with van der Waals surface area (Å²) in [6.07, 6.45) is 17.7. The van der Waals surface area contributed by atoms with Crippen molar-refractivity contribution in [1.82, 2.24) is 0 Å². The molecule has 0 aliphatic heterocycles. The van der Waals surface area contributed by atoms with E-state index in [-0.39, 0.29) is 43.2 Å². The molecule has 0 aromatic heterocycles. The lowest BCUT2D eigenvalue weighted by atomic mass is 10.0. The van der Waals surface area contributed by atoms with E-state index in [1.54, 1.807) is 0 Å². The molecule has 0 spiro atoms. The van der Waals surface area contributed by atoms with Gasteiger partial charge in [0.15, 0.2) is 0 Å². The monoisotopic (exact) mass is 414 g/mol. The molecular weight excluding hydrogens is 367 g/mol. The van der Waals surface area contributed by atoms with Gasteiger partial charge in [0.05, 0.1) is 18.4 Å². The Hall–Kier alpha value is 0.460. The van der Waals surface area contributed by atoms with Gasteiger partial charge in [-0.25, -0.2) is 0 Å². The average molecular weight is 416 g/mol. The minimum atomic E-state index is -0.380. The highest BCUT2D eigenvalue weighted by atomic mass is 35.5. The summed E-state index contributed by atoms with van der Waals surface area (Å²) in [5.41, 5.74) is 11.6. The summed E-state index contributed by atoms with van der Waals surface area (Å²) in [5, 5.41) is 0. The van der Waals surface area contributed by atoms with Crippen molar-refractivity contribution in [3.63, 3.8) is 0 Å². The van der Waals surface area contributed by atoms with Crippen LogP contribution in [0.1, 0.15) is 111 Å². The van der Waals surface area contributed by atoms with Crippen LogP contribution in [-0.4, -0.2) is 18.4 Å². The van der Waals surface area contributed by atoms with Crippen molar-refractivity contribution >= 4 is 24.8 Å². The predicted octanol–water partition coefficient (Wildman–Crippen LogP) is 6.59. The van der Waals surface area contributed by atoms with Crippen LogP contribution in [0.2, 0.25) is 0 Å². The largest absolute Gasteiger partial charge is 0.372 e. The molecule has 0 aliphatic carbocycles. The Kier molecular flexibility index (Phi) is 26.1. The molecule has 0 heterocycles. The third-order valence-corrected chi connectivity index (χ3v) is 4.89. The third kappa shape index (κ3) is 19.2. The molecular formula is C21H48Cl2N2O. The van der Waals surface area contributed by atoms with E-state index in [9.17, 15) is 0 Å². The Morgan fingerprint density at radius 1 is 0.654 bits per heavy atom. The van der Waals surface area contributed by atoms with Gasteiger partial charge in [-0.05, 0) is 19.3 Å². The molecule has 0 radical (unpaired) electrons. The second kappa shape index (κ2) is 21.8. The van der Waals surface area contributed by atoms with Gasteiger partial charge in [-0.2, -0.15) is 0 Å². The van der Waals surface area contributed by atoms with Crippen LogP contribution < -0.4 is 11.5 Å². The summed E-state index contributed by atoms with van der Waals surface area (Å²) in [6, 6.07) is 0. The molecule has 0 aromatic carbocycles. The first-order chi connectivity index (χ1) is 11.5. The topological polar surface area (TPSA) is 61.3 Å². The molecule has 0 rings (SSSR count). The zero-order chi connectivity index (χ0) is 18.2. The molecule has 162 valence electrons. The Morgan fingerprint density at radius 3 is 1.38 bits per heavy atom. The lowest BCUT2D eigenvalue weighted by Crippen LogP contribution is -2.48. The fourth-order valence-electron chi connectivity index (χ4n) is 3.30. The van der Waals surface area contributed by atoms with Crippen molar-refractivity contribution in [2.75, 3.05) is 0 Å². The minimum absolute atomic E-state index is 0. The van der Waals surface area contributed by atoms with Crippen molar-refractivity contribution in [2.45, 2.75) is 130 Å². The summed E-state index contributed by atoms with van der Waals surface area (Å²) in [4.78, 5) is 0. The van der Waals surface area contributed by atoms with Crippen molar-refractivity contribution in [1.29, 1.82) is 0 Å². The molecule has 0 aromatic rings. The highest BCUT2D eigenvalue weighted by Crippen LogP contribution is 2.16. The number of nitrogens with two attached hydrogens (primary N) is 2. The van der Waals surface area contributed by atoms with Gasteiger partial charge in [-0.15, -0.1) is 24.8 Å². The van der Waals surface area contributed by atoms with Gasteiger partial charge in [0, 0.05) is 0 Å². The first-order valence-corrected chi connectivity index (χ1v) is 10.7. The van der Waals surface area contributed by atoms with E-state index in [1.165, 1.54) is 77.0 Å². The van der Waals surface area contributed by atoms with E-state index in [2.05, 4.69) is 27.7 Å². The number of hydrogen-bond acceptors (Lipinski definition) is 3. The highest BCUT2D eigenvalue weighted by Gasteiger charge is 2.21. The van der Waals surface area contributed by atoms with E-state index in [0.717, 1.165) is 6.42 Å². The fourth-order valence-corrected chi connectivity index (χ4v) is 3.30. The van der Waals surface area contributed by atoms with Gasteiger partial charge in [0.1, 0.15) is 0 Å². The number of ether oxygens (including phenoxy) is 1. The molecule has 2 atom stereocenters. The van der Waals surface area contributed by atoms with Crippen LogP contribution in [-0.2, 0) is 4.74 Å². The van der Waals surface area contributed by atoms with E-state index >= 15 is 0 Å². The van der Waals surface area contributed by atoms with Gasteiger partial charge in [0.2, 0.25) is 0 Å². The zero-order valence-electron chi connectivity index (χ0n) is 17.9. The van der Waals surface area contributed by atoms with Crippen LogP contribution in [0, 0.1) is 5.92 Å². The van der Waals surface area contributed by atoms with Crippen molar-refractivity contribution in [3.05, 3.63) is 0 Å². The number of hydrogen-bond donors (Lipinski definition) is 2. The standard InChI is InChI=1S/C21H46N2O.2ClH/c1-5-6-7-8-9-10-11-12-13-14-15-16-17-19(4)24-20(18(2)3)21(22)23;;/h18-21H,5-17,22-23H2,1-4H3;2*1H. The molecule has 3 nitrogen and oxygen atoms in total. The van der Waals surface area contributed by atoms with Crippen molar-refractivity contribution in [3.8, 4) is 0 Å². The highest BCUT2D eigenvalue weighted by molar-refractivity contribution is 5.85. The molecule has 2 unspecified atom stereocenters. The number of rotatable bonds is 17. The third-order valence-electron chi connectivity index (χ3n) is 4.89. The molecule has 0 aliphatic rings. The Labute approximate surface area is 176 Å². The predicted molar refractivity (Wildman–Crippen MR) is 122 cm³/mol. The summed E-state index contributed by atoms with van der Waals surface area (Å²) >= 11 is 0. The zero-order valence-corrected chi connectivity index (χ0v) is 19.5. The maximum absolute atomic E-state index is 6.02. The Morgan fingerprint density at radius 2 is 1.04 bits per heavy atom. The van der Waals surface area contributed by atoms with E-state index in [0.29, 0.717) is 5.92 Å². The summed E-state index contributed by atoms with van der Waals surface area (Å²) in [6.45, 7) is 8.67. The van der Waals surface area contributed by atoms with Crippen LogP contribution in [0.5, 0.6) is 0 Å². The van der Waals surface area contributed by atoms with Crippen molar-refractivity contribution in [2.24, 2.45) is 17.4 Å². The van der Waals surface area contributed by atoms with Crippen molar-refractivity contribution < 1.29 is 4.74 Å². The van der Waals surface area contributed by atoms with Crippen LogP contribution in [0.25, 0.3) is 0 Å². The lowest BCUT2D eigenvalue weighted by molar-refractivity contribution is -0.0433. The molecule has 0 saturated carbocycles. The average Bonchev–Trinajstić information content (AvgIpc) is 2.53. The van der Waals surface area contributed by atoms with E-state index < -0.39 is 0 Å². The normalized spacial score (nSPS) is 13.4. The molecule has 0 amide bonds. The number of halogens is 2. The molecule has 0 bridgehead atoms. The molecule has 26 heavy (non-hydrogen) atoms. The molecule has 5 heteroatoms. The summed E-state index contributed by atoms with van der Waals surface area (Å²) < 4.78 is 6.02. The maximum atomic E-state index is 6.02. The van der Waals surface area contributed by atoms with Crippen LogP contribution in [0.15, 0.2) is 0 Å². The first-order valence-electron chi connectivity index (χ1n) is 10.7.